The van der Waals surface area contributed by atoms with Crippen LogP contribution in [-0.2, 0) is 11.3 Å². The minimum absolute atomic E-state index is 0. The Kier molecular flexibility index (Phi) is 7.33. The molecule has 2 aromatic carbocycles. The molecule has 1 aromatic heterocycles. The molecular weight excluding hydrogens is 395 g/mol. The van der Waals surface area contributed by atoms with E-state index in [0.29, 0.717) is 18.3 Å². The lowest BCUT2D eigenvalue weighted by molar-refractivity contribution is 0.0342. The molecule has 1 aliphatic rings. The van der Waals surface area contributed by atoms with Gasteiger partial charge in [-0.15, -0.1) is 12.4 Å². The number of halogens is 2. The van der Waals surface area contributed by atoms with Crippen molar-refractivity contribution in [2.45, 2.75) is 12.5 Å². The van der Waals surface area contributed by atoms with Crippen molar-refractivity contribution >= 4 is 12.4 Å². The van der Waals surface area contributed by atoms with Crippen LogP contribution in [0.4, 0.5) is 4.39 Å². The first kappa shape index (κ1) is 21.4. The molecule has 2 N–H and O–H groups in total. The lowest BCUT2D eigenvalue weighted by Gasteiger charge is -2.26. The van der Waals surface area contributed by atoms with E-state index in [1.54, 1.807) is 12.1 Å². The smallest absolute Gasteiger partial charge is 0.235 e. The van der Waals surface area contributed by atoms with Gasteiger partial charge < -0.3 is 15.0 Å². The lowest BCUT2D eigenvalue weighted by atomic mass is 9.99. The monoisotopic (exact) mass is 418 g/mol. The van der Waals surface area contributed by atoms with E-state index in [2.05, 4.69) is 27.2 Å². The molecule has 1 fully saturated rings. The number of aromatic nitrogens is 2. The molecule has 0 saturated carbocycles. The van der Waals surface area contributed by atoms with E-state index in [4.69, 9.17) is 15.0 Å². The van der Waals surface area contributed by atoms with Gasteiger partial charge in [0.2, 0.25) is 11.7 Å². The second-order valence-electron chi connectivity index (χ2n) is 6.88. The first-order valence-corrected chi connectivity index (χ1v) is 9.41. The predicted molar refractivity (Wildman–Crippen MR) is 110 cm³/mol. The summed E-state index contributed by atoms with van der Waals surface area (Å²) < 4.78 is 24.1. The van der Waals surface area contributed by atoms with Crippen LogP contribution in [0.25, 0.3) is 11.4 Å². The Balaban J connectivity index is 0.00000240. The molecule has 8 heteroatoms. The third-order valence-electron chi connectivity index (χ3n) is 4.94. The normalized spacial score (nSPS) is 15.7. The van der Waals surface area contributed by atoms with Gasteiger partial charge in [0.05, 0.1) is 19.1 Å². The van der Waals surface area contributed by atoms with Crippen LogP contribution < -0.4 is 5.73 Å². The Morgan fingerprint density at radius 1 is 1.10 bits per heavy atom. The highest BCUT2D eigenvalue weighted by Crippen LogP contribution is 2.26. The molecule has 3 aromatic rings. The van der Waals surface area contributed by atoms with Gasteiger partial charge >= 0.3 is 0 Å². The van der Waals surface area contributed by atoms with Gasteiger partial charge in [0.25, 0.3) is 0 Å². The predicted octanol–water partition coefficient (Wildman–Crippen LogP) is 3.22. The van der Waals surface area contributed by atoms with Crippen LogP contribution in [0.15, 0.2) is 53.1 Å². The van der Waals surface area contributed by atoms with Gasteiger partial charge in [-0.25, -0.2) is 4.39 Å². The van der Waals surface area contributed by atoms with Crippen molar-refractivity contribution in [3.63, 3.8) is 0 Å². The molecule has 0 bridgehead atoms. The molecule has 1 unspecified atom stereocenters. The zero-order valence-electron chi connectivity index (χ0n) is 16.0. The number of benzene rings is 2. The van der Waals surface area contributed by atoms with Gasteiger partial charge in [0.15, 0.2) is 0 Å². The number of hydrogen-bond acceptors (Lipinski definition) is 6. The number of nitrogens with zero attached hydrogens (tertiary/aromatic N) is 3. The number of nitrogens with two attached hydrogens (primary N) is 1. The highest BCUT2D eigenvalue weighted by Gasteiger charge is 2.21. The topological polar surface area (TPSA) is 77.4 Å². The molecule has 1 saturated heterocycles. The third-order valence-corrected chi connectivity index (χ3v) is 4.94. The largest absolute Gasteiger partial charge is 0.379 e. The molecule has 1 atom stereocenters. The Bertz CT molecular complexity index is 913. The molecule has 2 heterocycles. The molecule has 1 aliphatic heterocycles. The molecule has 0 radical (unpaired) electrons. The van der Waals surface area contributed by atoms with Crippen molar-refractivity contribution < 1.29 is 13.7 Å². The van der Waals surface area contributed by atoms with E-state index in [1.807, 2.05) is 12.1 Å². The number of ether oxygens (including phenoxy) is 1. The van der Waals surface area contributed by atoms with E-state index < -0.39 is 0 Å². The molecule has 0 spiro atoms. The average molecular weight is 419 g/mol. The molecule has 0 amide bonds. The van der Waals surface area contributed by atoms with Crippen molar-refractivity contribution in [1.29, 1.82) is 0 Å². The highest BCUT2D eigenvalue weighted by atomic mass is 35.5. The average Bonchev–Trinajstić information content (AvgIpc) is 3.21. The van der Waals surface area contributed by atoms with Gasteiger partial charge in [-0.05, 0) is 29.3 Å². The first-order chi connectivity index (χ1) is 13.7. The van der Waals surface area contributed by atoms with Gasteiger partial charge in [-0.2, -0.15) is 4.98 Å². The summed E-state index contributed by atoms with van der Waals surface area (Å²) in [5.41, 5.74) is 8.85. The fourth-order valence-electron chi connectivity index (χ4n) is 3.39. The van der Waals surface area contributed by atoms with Crippen LogP contribution in [0.3, 0.4) is 0 Å². The number of hydrogen-bond donors (Lipinski definition) is 1. The lowest BCUT2D eigenvalue weighted by Crippen LogP contribution is -2.35. The molecule has 29 heavy (non-hydrogen) atoms. The van der Waals surface area contributed by atoms with Crippen LogP contribution >= 0.6 is 12.4 Å². The van der Waals surface area contributed by atoms with Crippen molar-refractivity contribution in [1.82, 2.24) is 15.0 Å². The van der Waals surface area contributed by atoms with Gasteiger partial charge in [-0.3, -0.25) is 4.90 Å². The van der Waals surface area contributed by atoms with Gasteiger partial charge in [-0.1, -0.05) is 35.5 Å². The molecular formula is C21H24ClFN4O2. The maximum Gasteiger partial charge on any atom is 0.235 e. The standard InChI is InChI=1S/C21H23FN4O2.ClH/c22-18-6-4-16(5-7-18)19(13-23)21-24-20(25-28-21)17-3-1-2-15(12-17)14-26-8-10-27-11-9-26;/h1-7,12,19H,8-11,13-14,23H2;1H. The van der Waals surface area contributed by atoms with Crippen molar-refractivity contribution in [3.05, 3.63) is 71.4 Å². The van der Waals surface area contributed by atoms with Crippen LogP contribution in [0, 0.1) is 5.82 Å². The zero-order chi connectivity index (χ0) is 19.3. The third kappa shape index (κ3) is 5.19. The zero-order valence-corrected chi connectivity index (χ0v) is 16.8. The minimum Gasteiger partial charge on any atom is -0.379 e. The molecule has 4 rings (SSSR count). The van der Waals surface area contributed by atoms with Crippen LogP contribution in [0.1, 0.15) is 22.9 Å². The van der Waals surface area contributed by atoms with Crippen molar-refractivity contribution in [2.75, 3.05) is 32.8 Å². The van der Waals surface area contributed by atoms with Gasteiger partial charge in [0, 0.05) is 31.7 Å². The van der Waals surface area contributed by atoms with E-state index in [9.17, 15) is 4.39 Å². The fourth-order valence-corrected chi connectivity index (χ4v) is 3.39. The molecule has 6 nitrogen and oxygen atoms in total. The van der Waals surface area contributed by atoms with Crippen LogP contribution in [-0.4, -0.2) is 47.9 Å². The van der Waals surface area contributed by atoms with E-state index in [0.717, 1.165) is 44.0 Å². The minimum atomic E-state index is -0.289. The Morgan fingerprint density at radius 2 is 1.86 bits per heavy atom. The van der Waals surface area contributed by atoms with E-state index in [1.165, 1.54) is 17.7 Å². The summed E-state index contributed by atoms with van der Waals surface area (Å²) in [7, 11) is 0. The summed E-state index contributed by atoms with van der Waals surface area (Å²) in [6.45, 7) is 4.58. The maximum absolute atomic E-state index is 13.2. The SMILES string of the molecule is Cl.NCC(c1ccc(F)cc1)c1nc(-c2cccc(CN3CCOCC3)c2)no1. The van der Waals surface area contributed by atoms with Crippen molar-refractivity contribution in [3.8, 4) is 11.4 Å². The summed E-state index contributed by atoms with van der Waals surface area (Å²) in [6.07, 6.45) is 0. The Hall–Kier alpha value is -2.32. The molecule has 154 valence electrons. The Labute approximate surface area is 175 Å². The Morgan fingerprint density at radius 3 is 2.59 bits per heavy atom. The highest BCUT2D eigenvalue weighted by molar-refractivity contribution is 5.85. The first-order valence-electron chi connectivity index (χ1n) is 9.41. The molecule has 0 aliphatic carbocycles. The van der Waals surface area contributed by atoms with E-state index >= 15 is 0 Å². The van der Waals surface area contributed by atoms with Gasteiger partial charge in [0.1, 0.15) is 5.82 Å². The van der Waals surface area contributed by atoms with Crippen LogP contribution in [0.2, 0.25) is 0 Å². The number of rotatable bonds is 6. The quantitative estimate of drug-likeness (QED) is 0.662. The number of morpholine rings is 1. The summed E-state index contributed by atoms with van der Waals surface area (Å²) >= 11 is 0. The van der Waals surface area contributed by atoms with Crippen LogP contribution in [0.5, 0.6) is 0 Å². The fraction of sp³-hybridized carbons (Fsp3) is 0.333. The summed E-state index contributed by atoms with van der Waals surface area (Å²) in [6, 6.07) is 14.4. The maximum atomic E-state index is 13.2. The van der Waals surface area contributed by atoms with Crippen molar-refractivity contribution in [2.24, 2.45) is 5.73 Å². The van der Waals surface area contributed by atoms with E-state index in [-0.39, 0.29) is 24.1 Å². The summed E-state index contributed by atoms with van der Waals surface area (Å²) in [5.74, 6) is 0.406. The summed E-state index contributed by atoms with van der Waals surface area (Å²) in [5, 5.41) is 4.14. The second-order valence-corrected chi connectivity index (χ2v) is 6.88. The summed E-state index contributed by atoms with van der Waals surface area (Å²) in [4.78, 5) is 6.92. The second kappa shape index (κ2) is 9.93.